The predicted molar refractivity (Wildman–Crippen MR) is 219 cm³/mol. The first-order valence-corrected chi connectivity index (χ1v) is 17.9. The molecule has 2 heterocycles. The van der Waals surface area contributed by atoms with E-state index < -0.39 is 0 Å². The zero-order valence-electron chi connectivity index (χ0n) is 28.5. The van der Waals surface area contributed by atoms with Crippen molar-refractivity contribution in [1.82, 2.24) is 15.0 Å². The summed E-state index contributed by atoms with van der Waals surface area (Å²) >= 11 is 0. The van der Waals surface area contributed by atoms with Gasteiger partial charge >= 0.3 is 0 Å². The Morgan fingerprint density at radius 2 is 0.925 bits per heavy atom. The van der Waals surface area contributed by atoms with E-state index in [0.29, 0.717) is 17.5 Å². The molecule has 0 spiro atoms. The molecule has 0 fully saturated rings. The van der Waals surface area contributed by atoms with Crippen molar-refractivity contribution in [2.45, 2.75) is 0 Å². The molecule has 53 heavy (non-hydrogen) atoms. The van der Waals surface area contributed by atoms with Gasteiger partial charge in [-0.15, -0.1) is 0 Å². The summed E-state index contributed by atoms with van der Waals surface area (Å²) in [4.78, 5) is 15.5. The van der Waals surface area contributed by atoms with Gasteiger partial charge in [0.05, 0.1) is 0 Å². The highest BCUT2D eigenvalue weighted by atomic mass is 16.3. The first-order valence-electron chi connectivity index (χ1n) is 17.9. The number of hydrogen-bond acceptors (Lipinski definition) is 4. The molecule has 9 aromatic carbocycles. The molecular formula is C49H29N3O. The van der Waals surface area contributed by atoms with Gasteiger partial charge in [0.1, 0.15) is 11.2 Å². The maximum Gasteiger partial charge on any atom is 0.164 e. The molecule has 0 saturated heterocycles. The average Bonchev–Trinajstić information content (AvgIpc) is 3.62. The number of benzene rings is 9. The van der Waals surface area contributed by atoms with Crippen molar-refractivity contribution < 1.29 is 4.42 Å². The van der Waals surface area contributed by atoms with Crippen molar-refractivity contribution in [2.24, 2.45) is 0 Å². The summed E-state index contributed by atoms with van der Waals surface area (Å²) in [6.07, 6.45) is 0. The Morgan fingerprint density at radius 3 is 1.81 bits per heavy atom. The molecule has 0 amide bonds. The van der Waals surface area contributed by atoms with E-state index in [2.05, 4.69) is 140 Å². The highest BCUT2D eigenvalue weighted by Gasteiger charge is 2.18. The Balaban J connectivity index is 1.13. The Morgan fingerprint density at radius 1 is 0.302 bits per heavy atom. The Hall–Kier alpha value is -7.17. The minimum Gasteiger partial charge on any atom is -0.456 e. The molecule has 4 nitrogen and oxygen atoms in total. The summed E-state index contributed by atoms with van der Waals surface area (Å²) in [5.41, 5.74) is 6.93. The van der Waals surface area contributed by atoms with Crippen molar-refractivity contribution in [3.05, 3.63) is 176 Å². The molecule has 0 atom stereocenters. The molecule has 2 aromatic heterocycles. The van der Waals surface area contributed by atoms with E-state index in [1.807, 2.05) is 36.4 Å². The summed E-state index contributed by atoms with van der Waals surface area (Å²) < 4.78 is 6.25. The number of aromatic nitrogens is 3. The van der Waals surface area contributed by atoms with Crippen LogP contribution in [0.5, 0.6) is 0 Å². The molecule has 11 rings (SSSR count). The fourth-order valence-electron chi connectivity index (χ4n) is 8.04. The number of nitrogens with zero attached hydrogens (tertiary/aromatic N) is 3. The van der Waals surface area contributed by atoms with Crippen molar-refractivity contribution in [3.8, 4) is 45.3 Å². The zero-order valence-corrected chi connectivity index (χ0v) is 28.5. The second-order valence-electron chi connectivity index (χ2n) is 13.5. The van der Waals surface area contributed by atoms with Crippen LogP contribution in [-0.4, -0.2) is 15.0 Å². The van der Waals surface area contributed by atoms with E-state index in [0.717, 1.165) is 65.9 Å². The fourth-order valence-corrected chi connectivity index (χ4v) is 8.04. The van der Waals surface area contributed by atoms with E-state index in [-0.39, 0.29) is 0 Å². The Kier molecular flexibility index (Phi) is 6.52. The molecule has 0 N–H and O–H groups in total. The normalized spacial score (nSPS) is 11.8. The average molecular weight is 676 g/mol. The summed E-state index contributed by atoms with van der Waals surface area (Å²) in [6.45, 7) is 0. The molecule has 0 aliphatic rings. The monoisotopic (exact) mass is 675 g/mol. The molecular weight excluding hydrogens is 647 g/mol. The Bertz CT molecular complexity index is 3240. The van der Waals surface area contributed by atoms with Crippen LogP contribution in [0.4, 0.5) is 0 Å². The smallest absolute Gasteiger partial charge is 0.164 e. The standard InChI is InChI=1S/C49H29N3O/c1-2-13-31(14-3-1)47-50-48(52-49(51-47)43-29-42-34-16-5-4-12-30(34)24-27-39(42)37-17-6-7-18-38(37)43)33-25-26-35-32(28-33)15-10-20-36(35)40-21-11-23-45-46(40)41-19-8-9-22-44(41)53-45/h1-29H. The van der Waals surface area contributed by atoms with Crippen LogP contribution >= 0.6 is 0 Å². The van der Waals surface area contributed by atoms with Gasteiger partial charge in [-0.2, -0.15) is 0 Å². The van der Waals surface area contributed by atoms with Crippen molar-refractivity contribution in [2.75, 3.05) is 0 Å². The molecule has 0 saturated carbocycles. The van der Waals surface area contributed by atoms with Crippen LogP contribution in [0.25, 0.3) is 110 Å². The van der Waals surface area contributed by atoms with E-state index in [1.165, 1.54) is 26.9 Å². The van der Waals surface area contributed by atoms with Crippen molar-refractivity contribution >= 4 is 65.0 Å². The molecule has 0 aliphatic carbocycles. The van der Waals surface area contributed by atoms with Crippen LogP contribution in [-0.2, 0) is 0 Å². The SMILES string of the molecule is c1ccc(-c2nc(-c3ccc4c(-c5cccc6oc7ccccc7c56)cccc4c3)nc(-c3cc4c5ccccc5ccc4c4ccccc34)n2)cc1. The van der Waals surface area contributed by atoms with Crippen LogP contribution in [0.1, 0.15) is 0 Å². The van der Waals surface area contributed by atoms with E-state index in [9.17, 15) is 0 Å². The molecule has 246 valence electrons. The van der Waals surface area contributed by atoms with Crippen molar-refractivity contribution in [1.29, 1.82) is 0 Å². The summed E-state index contributed by atoms with van der Waals surface area (Å²) in [5.74, 6) is 1.92. The molecule has 0 bridgehead atoms. The second-order valence-corrected chi connectivity index (χ2v) is 13.5. The lowest BCUT2D eigenvalue weighted by atomic mass is 9.93. The fraction of sp³-hybridized carbons (Fsp3) is 0. The van der Waals surface area contributed by atoms with E-state index >= 15 is 0 Å². The zero-order chi connectivity index (χ0) is 34.9. The van der Waals surface area contributed by atoms with Crippen LogP contribution in [0.3, 0.4) is 0 Å². The minimum absolute atomic E-state index is 0.631. The minimum atomic E-state index is 0.631. The molecule has 4 heteroatoms. The van der Waals surface area contributed by atoms with Crippen LogP contribution < -0.4 is 0 Å². The van der Waals surface area contributed by atoms with Crippen LogP contribution in [0, 0.1) is 0 Å². The third-order valence-corrected chi connectivity index (χ3v) is 10.5. The number of hydrogen-bond donors (Lipinski definition) is 0. The van der Waals surface area contributed by atoms with E-state index in [1.54, 1.807) is 0 Å². The van der Waals surface area contributed by atoms with Gasteiger partial charge < -0.3 is 4.42 Å². The van der Waals surface area contributed by atoms with E-state index in [4.69, 9.17) is 19.4 Å². The maximum absolute atomic E-state index is 6.25. The first-order chi connectivity index (χ1) is 26.3. The maximum atomic E-state index is 6.25. The number of furan rings is 1. The lowest BCUT2D eigenvalue weighted by molar-refractivity contribution is 0.669. The molecule has 0 unspecified atom stereocenters. The molecule has 0 radical (unpaired) electrons. The van der Waals surface area contributed by atoms with Gasteiger partial charge in [-0.1, -0.05) is 152 Å². The lowest BCUT2D eigenvalue weighted by Gasteiger charge is -2.14. The second kappa shape index (κ2) is 11.7. The Labute approximate surface area is 304 Å². The highest BCUT2D eigenvalue weighted by Crippen LogP contribution is 2.41. The number of rotatable bonds is 4. The molecule has 0 aliphatic heterocycles. The predicted octanol–water partition coefficient (Wildman–Crippen LogP) is 13.1. The topological polar surface area (TPSA) is 51.8 Å². The van der Waals surface area contributed by atoms with Crippen LogP contribution in [0.2, 0.25) is 0 Å². The number of fused-ring (bicyclic) bond motifs is 9. The van der Waals surface area contributed by atoms with Gasteiger partial charge in [-0.25, -0.2) is 15.0 Å². The highest BCUT2D eigenvalue weighted by molar-refractivity contribution is 6.21. The van der Waals surface area contributed by atoms with Crippen molar-refractivity contribution in [3.63, 3.8) is 0 Å². The summed E-state index contributed by atoms with van der Waals surface area (Å²) in [7, 11) is 0. The van der Waals surface area contributed by atoms with Gasteiger partial charge in [0.2, 0.25) is 0 Å². The third kappa shape index (κ3) is 4.73. The van der Waals surface area contributed by atoms with Gasteiger partial charge in [0.15, 0.2) is 17.5 Å². The van der Waals surface area contributed by atoms with Gasteiger partial charge in [-0.05, 0) is 78.5 Å². The van der Waals surface area contributed by atoms with Gasteiger partial charge in [0, 0.05) is 27.5 Å². The van der Waals surface area contributed by atoms with Gasteiger partial charge in [0.25, 0.3) is 0 Å². The first kappa shape index (κ1) is 29.5. The summed E-state index contributed by atoms with van der Waals surface area (Å²) in [6, 6.07) is 61.6. The largest absolute Gasteiger partial charge is 0.456 e. The number of para-hydroxylation sites is 1. The summed E-state index contributed by atoms with van der Waals surface area (Å²) in [5, 5.41) is 11.6. The van der Waals surface area contributed by atoms with Gasteiger partial charge in [-0.3, -0.25) is 0 Å². The molecule has 11 aromatic rings. The third-order valence-electron chi connectivity index (χ3n) is 10.5. The quantitative estimate of drug-likeness (QED) is 0.174. The van der Waals surface area contributed by atoms with Crippen LogP contribution in [0.15, 0.2) is 180 Å². The lowest BCUT2D eigenvalue weighted by Crippen LogP contribution is -2.01.